The summed E-state index contributed by atoms with van der Waals surface area (Å²) in [5.74, 6) is 5.78. The third-order valence-corrected chi connectivity index (χ3v) is 3.01. The van der Waals surface area contributed by atoms with Crippen molar-refractivity contribution in [3.8, 4) is 11.8 Å². The van der Waals surface area contributed by atoms with Crippen molar-refractivity contribution >= 4 is 22.4 Å². The molecule has 1 atom stereocenters. The summed E-state index contributed by atoms with van der Waals surface area (Å²) < 4.78 is 4.98. The summed E-state index contributed by atoms with van der Waals surface area (Å²) in [6.45, 7) is 2.56. The van der Waals surface area contributed by atoms with Crippen molar-refractivity contribution in [1.29, 1.82) is 0 Å². The Kier molecular flexibility index (Phi) is 7.11. The topological polar surface area (TPSA) is 71.5 Å². The molecule has 0 saturated heterocycles. The van der Waals surface area contributed by atoms with E-state index in [1.54, 1.807) is 13.3 Å². The summed E-state index contributed by atoms with van der Waals surface area (Å²) in [6.07, 6.45) is 2.45. The van der Waals surface area contributed by atoms with E-state index in [1.165, 1.54) is 11.3 Å². The van der Waals surface area contributed by atoms with Gasteiger partial charge >= 0.3 is 0 Å². The number of aliphatic hydroxyl groups excluding tert-OH is 1. The summed E-state index contributed by atoms with van der Waals surface area (Å²) in [5.41, 5.74) is 0. The Morgan fingerprint density at radius 3 is 3.16 bits per heavy atom. The molecule has 1 aromatic heterocycles. The maximum Gasteiger partial charge on any atom is 0.226 e. The van der Waals surface area contributed by atoms with Gasteiger partial charge < -0.3 is 15.2 Å². The fourth-order valence-electron chi connectivity index (χ4n) is 1.43. The number of aromatic nitrogens is 1. The average molecular weight is 282 g/mol. The summed E-state index contributed by atoms with van der Waals surface area (Å²) in [7, 11) is 1.62. The fraction of sp³-hybridized carbons (Fsp3) is 0.538. The molecule has 104 valence electrons. The van der Waals surface area contributed by atoms with Crippen molar-refractivity contribution in [3.05, 3.63) is 11.1 Å². The maximum atomic E-state index is 11.7. The van der Waals surface area contributed by atoms with Gasteiger partial charge in [0.1, 0.15) is 0 Å². The Balaban J connectivity index is 2.45. The molecule has 1 amide bonds. The predicted molar refractivity (Wildman–Crippen MR) is 75.0 cm³/mol. The molecular weight excluding hydrogens is 264 g/mol. The molecule has 0 aromatic carbocycles. The zero-order chi connectivity index (χ0) is 14.1. The second-order valence-corrected chi connectivity index (χ2v) is 5.15. The summed E-state index contributed by atoms with van der Waals surface area (Å²) in [5, 5.41) is 11.9. The third kappa shape index (κ3) is 6.34. The molecule has 19 heavy (non-hydrogen) atoms. The molecular formula is C13H18N2O3S. The van der Waals surface area contributed by atoms with E-state index in [-0.39, 0.29) is 18.4 Å². The largest absolute Gasteiger partial charge is 0.395 e. The lowest BCUT2D eigenvalue weighted by Gasteiger charge is -2.08. The quantitative estimate of drug-likeness (QED) is 0.775. The van der Waals surface area contributed by atoms with E-state index in [0.29, 0.717) is 24.6 Å². The van der Waals surface area contributed by atoms with Gasteiger partial charge in [-0.1, -0.05) is 30.1 Å². The van der Waals surface area contributed by atoms with Gasteiger partial charge in [-0.3, -0.25) is 4.79 Å². The molecule has 1 heterocycles. The lowest BCUT2D eigenvalue weighted by molar-refractivity contribution is -0.117. The van der Waals surface area contributed by atoms with Crippen molar-refractivity contribution in [1.82, 2.24) is 4.98 Å². The molecule has 0 saturated carbocycles. The van der Waals surface area contributed by atoms with Gasteiger partial charge in [-0.2, -0.15) is 0 Å². The Morgan fingerprint density at radius 2 is 2.47 bits per heavy atom. The number of rotatable bonds is 6. The van der Waals surface area contributed by atoms with Crippen molar-refractivity contribution in [2.24, 2.45) is 5.92 Å². The first-order chi connectivity index (χ1) is 9.15. The molecule has 0 aliphatic heterocycles. The number of aliphatic hydroxyl groups is 1. The Hall–Kier alpha value is -1.42. The third-order valence-electron chi connectivity index (χ3n) is 2.19. The molecule has 0 aliphatic rings. The highest BCUT2D eigenvalue weighted by atomic mass is 32.1. The minimum absolute atomic E-state index is 0.0484. The zero-order valence-electron chi connectivity index (χ0n) is 11.1. The number of methoxy groups -OCH3 is 1. The van der Waals surface area contributed by atoms with Crippen LogP contribution >= 0.6 is 11.3 Å². The number of thiazole rings is 1. The van der Waals surface area contributed by atoms with Crippen LogP contribution in [-0.2, 0) is 9.53 Å². The number of hydrogen-bond donors (Lipinski definition) is 2. The highest BCUT2D eigenvalue weighted by Crippen LogP contribution is 2.17. The van der Waals surface area contributed by atoms with E-state index in [1.807, 2.05) is 6.92 Å². The predicted octanol–water partition coefficient (Wildman–Crippen LogP) is 1.49. The minimum atomic E-state index is -0.0752. The molecule has 1 rings (SSSR count). The smallest absolute Gasteiger partial charge is 0.226 e. The van der Waals surface area contributed by atoms with Gasteiger partial charge in [-0.15, -0.1) is 0 Å². The number of hydrogen-bond acceptors (Lipinski definition) is 5. The van der Waals surface area contributed by atoms with E-state index >= 15 is 0 Å². The molecule has 2 N–H and O–H groups in total. The summed E-state index contributed by atoms with van der Waals surface area (Å²) in [6, 6.07) is 0. The highest BCUT2D eigenvalue weighted by Gasteiger charge is 2.10. The van der Waals surface area contributed by atoms with Crippen LogP contribution in [0.1, 0.15) is 24.6 Å². The molecule has 6 heteroatoms. The van der Waals surface area contributed by atoms with Gasteiger partial charge in [0.05, 0.1) is 17.7 Å². The first-order valence-electron chi connectivity index (χ1n) is 6.00. The molecule has 0 aliphatic carbocycles. The number of amides is 1. The van der Waals surface area contributed by atoms with Gasteiger partial charge in [0.15, 0.2) is 5.13 Å². The van der Waals surface area contributed by atoms with Crippen LogP contribution in [0.4, 0.5) is 5.13 Å². The van der Waals surface area contributed by atoms with Crippen LogP contribution in [0, 0.1) is 17.8 Å². The van der Waals surface area contributed by atoms with Crippen molar-refractivity contribution in [2.45, 2.75) is 19.8 Å². The zero-order valence-corrected chi connectivity index (χ0v) is 11.9. The van der Waals surface area contributed by atoms with Gasteiger partial charge in [-0.25, -0.2) is 4.98 Å². The first-order valence-corrected chi connectivity index (χ1v) is 6.81. The average Bonchev–Trinajstić information content (AvgIpc) is 2.77. The SMILES string of the molecule is COCC(C)CC(=O)Nc1ncc(C#CCCO)s1. The van der Waals surface area contributed by atoms with Crippen LogP contribution in [0.25, 0.3) is 0 Å². The lowest BCUT2D eigenvalue weighted by atomic mass is 10.1. The maximum absolute atomic E-state index is 11.7. The van der Waals surface area contributed by atoms with Crippen LogP contribution in [0.5, 0.6) is 0 Å². The molecule has 1 aromatic rings. The molecule has 0 radical (unpaired) electrons. The molecule has 0 bridgehead atoms. The lowest BCUT2D eigenvalue weighted by Crippen LogP contribution is -2.17. The van der Waals surface area contributed by atoms with E-state index in [2.05, 4.69) is 22.1 Å². The number of carbonyl (C=O) groups is 1. The normalized spacial score (nSPS) is 11.5. The van der Waals surface area contributed by atoms with Gasteiger partial charge in [-0.05, 0) is 5.92 Å². The van der Waals surface area contributed by atoms with Crippen molar-refractivity contribution in [3.63, 3.8) is 0 Å². The number of nitrogens with zero attached hydrogens (tertiary/aromatic N) is 1. The van der Waals surface area contributed by atoms with Gasteiger partial charge in [0.2, 0.25) is 5.91 Å². The van der Waals surface area contributed by atoms with Crippen LogP contribution in [0.3, 0.4) is 0 Å². The fourth-order valence-corrected chi connectivity index (χ4v) is 2.13. The van der Waals surface area contributed by atoms with E-state index in [4.69, 9.17) is 9.84 Å². The monoisotopic (exact) mass is 282 g/mol. The summed E-state index contributed by atoms with van der Waals surface area (Å²) >= 11 is 1.32. The Labute approximate surface area is 117 Å². The van der Waals surface area contributed by atoms with Gasteiger partial charge in [0, 0.05) is 26.6 Å². The van der Waals surface area contributed by atoms with Crippen LogP contribution in [0.15, 0.2) is 6.20 Å². The number of ether oxygens (including phenoxy) is 1. The summed E-state index contributed by atoms with van der Waals surface area (Å²) in [4.78, 5) is 16.5. The van der Waals surface area contributed by atoms with Crippen LogP contribution in [0.2, 0.25) is 0 Å². The number of nitrogens with one attached hydrogen (secondary N) is 1. The van der Waals surface area contributed by atoms with Crippen molar-refractivity contribution in [2.75, 3.05) is 25.6 Å². The van der Waals surface area contributed by atoms with Crippen LogP contribution < -0.4 is 5.32 Å². The second-order valence-electron chi connectivity index (χ2n) is 4.12. The second kappa shape index (κ2) is 8.64. The Morgan fingerprint density at radius 1 is 1.68 bits per heavy atom. The number of anilines is 1. The highest BCUT2D eigenvalue weighted by molar-refractivity contribution is 7.16. The van der Waals surface area contributed by atoms with Gasteiger partial charge in [0.25, 0.3) is 0 Å². The van der Waals surface area contributed by atoms with Crippen molar-refractivity contribution < 1.29 is 14.6 Å². The minimum Gasteiger partial charge on any atom is -0.395 e. The molecule has 1 unspecified atom stereocenters. The first kappa shape index (κ1) is 15.6. The van der Waals surface area contributed by atoms with Crippen LogP contribution in [-0.4, -0.2) is 36.3 Å². The standard InChI is InChI=1S/C13H18N2O3S/c1-10(9-18-2)7-12(17)15-13-14-8-11(19-13)5-3-4-6-16/h8,10,16H,4,6-7,9H2,1-2H3,(H,14,15,17). The molecule has 5 nitrogen and oxygen atoms in total. The van der Waals surface area contributed by atoms with E-state index in [9.17, 15) is 4.79 Å². The molecule has 0 spiro atoms. The number of carbonyl (C=O) groups excluding carboxylic acids is 1. The van der Waals surface area contributed by atoms with E-state index < -0.39 is 0 Å². The molecule has 0 fully saturated rings. The Bertz CT molecular complexity index is 462. The van der Waals surface area contributed by atoms with E-state index in [0.717, 1.165) is 4.88 Å².